The molecule has 1 aliphatic heterocycles. The summed E-state index contributed by atoms with van der Waals surface area (Å²) in [6.45, 7) is 0.840. The van der Waals surface area contributed by atoms with Gasteiger partial charge in [0.05, 0.1) is 11.5 Å². The third-order valence-electron chi connectivity index (χ3n) is 3.78. The van der Waals surface area contributed by atoms with Gasteiger partial charge in [-0.15, -0.1) is 0 Å². The van der Waals surface area contributed by atoms with E-state index in [1.54, 1.807) is 36.4 Å². The van der Waals surface area contributed by atoms with Gasteiger partial charge in [0, 0.05) is 30.1 Å². The van der Waals surface area contributed by atoms with Crippen molar-refractivity contribution in [2.75, 3.05) is 19.7 Å². The third kappa shape index (κ3) is 4.31. The van der Waals surface area contributed by atoms with Gasteiger partial charge in [0.25, 0.3) is 5.91 Å². The zero-order chi connectivity index (χ0) is 17.9. The predicted molar refractivity (Wildman–Crippen MR) is 94.6 cm³/mol. The molecule has 1 aliphatic rings. The minimum absolute atomic E-state index is 0.0925. The van der Waals surface area contributed by atoms with Crippen molar-refractivity contribution in [3.8, 4) is 5.75 Å². The van der Waals surface area contributed by atoms with Crippen molar-refractivity contribution in [3.63, 3.8) is 0 Å². The first-order valence-electron chi connectivity index (χ1n) is 7.75. The molecule has 0 saturated heterocycles. The number of rotatable bonds is 6. The normalized spacial score (nSPS) is 13.2. The van der Waals surface area contributed by atoms with Gasteiger partial charge >= 0.3 is 0 Å². The van der Waals surface area contributed by atoms with Crippen LogP contribution in [0.3, 0.4) is 0 Å². The standard InChI is InChI=1S/C17H17ClN2O4S/c18-14-3-1-12(2-4-14)17(21)19-8-9-20-25(22,23)15-5-6-16-13(11-15)7-10-24-16/h1-6,11,20H,7-10H2,(H,19,21). The number of carbonyl (C=O) groups excluding carboxylic acids is 1. The lowest BCUT2D eigenvalue weighted by Gasteiger charge is -2.09. The largest absolute Gasteiger partial charge is 0.493 e. The van der Waals surface area contributed by atoms with Crippen LogP contribution in [-0.2, 0) is 16.4 Å². The Balaban J connectivity index is 1.52. The van der Waals surface area contributed by atoms with E-state index in [4.69, 9.17) is 16.3 Å². The quantitative estimate of drug-likeness (QED) is 0.750. The van der Waals surface area contributed by atoms with E-state index in [9.17, 15) is 13.2 Å². The summed E-state index contributed by atoms with van der Waals surface area (Å²) in [6.07, 6.45) is 0.704. The lowest BCUT2D eigenvalue weighted by atomic mass is 10.2. The number of nitrogens with one attached hydrogen (secondary N) is 2. The fourth-order valence-corrected chi connectivity index (χ4v) is 3.69. The summed E-state index contributed by atoms with van der Waals surface area (Å²) in [6, 6.07) is 11.3. The van der Waals surface area contributed by atoms with Crippen LogP contribution in [0.4, 0.5) is 0 Å². The highest BCUT2D eigenvalue weighted by atomic mass is 35.5. The van der Waals surface area contributed by atoms with Gasteiger partial charge in [0.2, 0.25) is 10.0 Å². The van der Waals surface area contributed by atoms with E-state index in [0.29, 0.717) is 23.6 Å². The van der Waals surface area contributed by atoms with E-state index >= 15 is 0 Å². The van der Waals surface area contributed by atoms with Crippen LogP contribution in [0.25, 0.3) is 0 Å². The zero-order valence-corrected chi connectivity index (χ0v) is 14.9. The number of sulfonamides is 1. The molecule has 2 aromatic rings. The molecule has 2 N–H and O–H groups in total. The van der Waals surface area contributed by atoms with Gasteiger partial charge in [-0.05, 0) is 48.0 Å². The number of amides is 1. The average molecular weight is 381 g/mol. The number of fused-ring (bicyclic) bond motifs is 1. The molecule has 1 amide bonds. The Morgan fingerprint density at radius 2 is 1.88 bits per heavy atom. The highest BCUT2D eigenvalue weighted by molar-refractivity contribution is 7.89. The zero-order valence-electron chi connectivity index (χ0n) is 13.3. The van der Waals surface area contributed by atoms with E-state index in [1.807, 2.05) is 0 Å². The molecule has 0 saturated carbocycles. The SMILES string of the molecule is O=C(NCCNS(=O)(=O)c1ccc2c(c1)CCO2)c1ccc(Cl)cc1. The van der Waals surface area contributed by atoms with Crippen LogP contribution < -0.4 is 14.8 Å². The van der Waals surface area contributed by atoms with Gasteiger partial charge in [0.15, 0.2) is 0 Å². The Hall–Kier alpha value is -2.09. The molecule has 6 nitrogen and oxygen atoms in total. The van der Waals surface area contributed by atoms with Crippen LogP contribution >= 0.6 is 11.6 Å². The molecule has 0 aromatic heterocycles. The number of ether oxygens (including phenoxy) is 1. The molecular weight excluding hydrogens is 364 g/mol. The summed E-state index contributed by atoms with van der Waals surface area (Å²) in [4.78, 5) is 12.1. The Morgan fingerprint density at radius 3 is 2.64 bits per heavy atom. The average Bonchev–Trinajstić information content (AvgIpc) is 3.07. The predicted octanol–water partition coefficient (Wildman–Crippen LogP) is 1.98. The first-order valence-corrected chi connectivity index (χ1v) is 9.61. The molecule has 1 heterocycles. The van der Waals surface area contributed by atoms with Crippen molar-refractivity contribution in [1.82, 2.24) is 10.0 Å². The highest BCUT2D eigenvalue weighted by Crippen LogP contribution is 2.27. The van der Waals surface area contributed by atoms with Crippen molar-refractivity contribution in [3.05, 3.63) is 58.6 Å². The lowest BCUT2D eigenvalue weighted by Crippen LogP contribution is -2.34. The fourth-order valence-electron chi connectivity index (χ4n) is 2.48. The van der Waals surface area contributed by atoms with Gasteiger partial charge in [0.1, 0.15) is 5.75 Å². The number of benzene rings is 2. The Labute approximate surface area is 151 Å². The van der Waals surface area contributed by atoms with Crippen molar-refractivity contribution in [2.24, 2.45) is 0 Å². The van der Waals surface area contributed by atoms with Gasteiger partial charge in [-0.3, -0.25) is 4.79 Å². The topological polar surface area (TPSA) is 84.5 Å². The Bertz CT molecular complexity index is 882. The number of carbonyl (C=O) groups is 1. The first kappa shape index (κ1) is 17.7. The molecular formula is C17H17ClN2O4S. The van der Waals surface area contributed by atoms with Crippen LogP contribution in [0.5, 0.6) is 5.75 Å². The van der Waals surface area contributed by atoms with Crippen molar-refractivity contribution in [2.45, 2.75) is 11.3 Å². The molecule has 0 bridgehead atoms. The summed E-state index contributed by atoms with van der Waals surface area (Å²) < 4.78 is 32.5. The summed E-state index contributed by atoms with van der Waals surface area (Å²) in [5, 5.41) is 3.20. The third-order valence-corrected chi connectivity index (χ3v) is 5.49. The molecule has 3 rings (SSSR count). The molecule has 2 aromatic carbocycles. The molecule has 0 fully saturated rings. The molecule has 0 radical (unpaired) electrons. The molecule has 0 atom stereocenters. The second-order valence-electron chi connectivity index (χ2n) is 5.53. The maximum atomic E-state index is 12.3. The molecule has 132 valence electrons. The summed E-state index contributed by atoms with van der Waals surface area (Å²) >= 11 is 5.77. The van der Waals surface area contributed by atoms with E-state index in [2.05, 4.69) is 10.0 Å². The minimum atomic E-state index is -3.62. The van der Waals surface area contributed by atoms with Gasteiger partial charge < -0.3 is 10.1 Å². The first-order chi connectivity index (χ1) is 12.0. The maximum Gasteiger partial charge on any atom is 0.251 e. The molecule has 0 spiro atoms. The molecule has 0 aliphatic carbocycles. The van der Waals surface area contributed by atoms with Gasteiger partial charge in [-0.25, -0.2) is 13.1 Å². The van der Waals surface area contributed by atoms with Crippen molar-refractivity contribution in [1.29, 1.82) is 0 Å². The maximum absolute atomic E-state index is 12.3. The number of hydrogen-bond donors (Lipinski definition) is 2. The smallest absolute Gasteiger partial charge is 0.251 e. The van der Waals surface area contributed by atoms with Crippen LogP contribution in [0, 0.1) is 0 Å². The monoisotopic (exact) mass is 380 g/mol. The summed E-state index contributed by atoms with van der Waals surface area (Å²) in [5.41, 5.74) is 1.35. The van der Waals surface area contributed by atoms with Crippen LogP contribution in [0.1, 0.15) is 15.9 Å². The van der Waals surface area contributed by atoms with Crippen molar-refractivity contribution >= 4 is 27.5 Å². The molecule has 0 unspecified atom stereocenters. The second kappa shape index (κ2) is 7.43. The number of halogens is 1. The van der Waals surface area contributed by atoms with E-state index in [1.165, 1.54) is 6.07 Å². The van der Waals surface area contributed by atoms with Gasteiger partial charge in [-0.1, -0.05) is 11.6 Å². The fraction of sp³-hybridized carbons (Fsp3) is 0.235. The molecule has 25 heavy (non-hydrogen) atoms. The van der Waals surface area contributed by atoms with Gasteiger partial charge in [-0.2, -0.15) is 0 Å². The Kier molecular flexibility index (Phi) is 5.27. The van der Waals surface area contributed by atoms with E-state index < -0.39 is 10.0 Å². The van der Waals surface area contributed by atoms with E-state index in [0.717, 1.165) is 11.3 Å². The lowest BCUT2D eigenvalue weighted by molar-refractivity contribution is 0.0954. The second-order valence-corrected chi connectivity index (χ2v) is 7.73. The van der Waals surface area contributed by atoms with Crippen molar-refractivity contribution < 1.29 is 17.9 Å². The minimum Gasteiger partial charge on any atom is -0.493 e. The molecule has 8 heteroatoms. The number of hydrogen-bond acceptors (Lipinski definition) is 4. The van der Waals surface area contributed by atoms with Crippen LogP contribution in [-0.4, -0.2) is 34.0 Å². The summed E-state index contributed by atoms with van der Waals surface area (Å²) in [5.74, 6) is 0.444. The Morgan fingerprint density at radius 1 is 1.12 bits per heavy atom. The summed E-state index contributed by atoms with van der Waals surface area (Å²) in [7, 11) is -3.62. The van der Waals surface area contributed by atoms with Crippen LogP contribution in [0.15, 0.2) is 47.4 Å². The highest BCUT2D eigenvalue weighted by Gasteiger charge is 2.18. The van der Waals surface area contributed by atoms with Crippen LogP contribution in [0.2, 0.25) is 5.02 Å². The van der Waals surface area contributed by atoms with E-state index in [-0.39, 0.29) is 23.9 Å².